The van der Waals surface area contributed by atoms with Crippen LogP contribution in [0.5, 0.6) is 0 Å². The third kappa shape index (κ3) is 4.22. The van der Waals surface area contributed by atoms with Crippen molar-refractivity contribution in [3.05, 3.63) is 69.3 Å². The van der Waals surface area contributed by atoms with E-state index >= 15 is 0 Å². The summed E-state index contributed by atoms with van der Waals surface area (Å²) in [7, 11) is 0. The lowest BCUT2D eigenvalue weighted by molar-refractivity contribution is -0.121. The molecule has 122 valence electrons. The number of rotatable bonds is 4. The summed E-state index contributed by atoms with van der Waals surface area (Å²) in [4.78, 5) is 12.3. The zero-order chi connectivity index (χ0) is 17.1. The molecule has 0 saturated heterocycles. The molecule has 0 unspecified atom stereocenters. The van der Waals surface area contributed by atoms with Crippen LogP contribution < -0.4 is 5.32 Å². The molecule has 0 aromatic heterocycles. The summed E-state index contributed by atoms with van der Waals surface area (Å²) in [5, 5.41) is 3.13. The number of amides is 1. The van der Waals surface area contributed by atoms with Gasteiger partial charge in [-0.3, -0.25) is 4.79 Å². The largest absolute Gasteiger partial charge is 0.349 e. The monoisotopic (exact) mass is 309 g/mol. The molecule has 2 heteroatoms. The van der Waals surface area contributed by atoms with Crippen molar-refractivity contribution in [3.63, 3.8) is 0 Å². The quantitative estimate of drug-likeness (QED) is 0.875. The highest BCUT2D eigenvalue weighted by molar-refractivity contribution is 5.79. The van der Waals surface area contributed by atoms with Gasteiger partial charge < -0.3 is 5.32 Å². The van der Waals surface area contributed by atoms with E-state index in [0.717, 1.165) is 5.56 Å². The van der Waals surface area contributed by atoms with E-state index in [1.807, 2.05) is 6.07 Å². The standard InChI is InChI=1S/C21H27NO/c1-13-7-8-19(10-15(13)3)12-21(23)22-18(6)20-11-16(4)14(2)9-17(20)5/h7-11,18H,12H2,1-6H3,(H,22,23)/t18-/m1/s1. The molecule has 23 heavy (non-hydrogen) atoms. The predicted molar refractivity (Wildman–Crippen MR) is 96.8 cm³/mol. The summed E-state index contributed by atoms with van der Waals surface area (Å²) >= 11 is 0. The molecule has 0 heterocycles. The van der Waals surface area contributed by atoms with Crippen molar-refractivity contribution in [1.29, 1.82) is 0 Å². The lowest BCUT2D eigenvalue weighted by Gasteiger charge is -2.18. The highest BCUT2D eigenvalue weighted by Crippen LogP contribution is 2.21. The molecule has 2 nitrogen and oxygen atoms in total. The SMILES string of the molecule is Cc1ccc(CC(=O)N[C@H](C)c2cc(C)c(C)cc2C)cc1C. The van der Waals surface area contributed by atoms with Crippen LogP contribution in [0, 0.1) is 34.6 Å². The zero-order valence-electron chi connectivity index (χ0n) is 15.1. The van der Waals surface area contributed by atoms with Gasteiger partial charge in [-0.15, -0.1) is 0 Å². The van der Waals surface area contributed by atoms with Crippen molar-refractivity contribution in [2.75, 3.05) is 0 Å². The van der Waals surface area contributed by atoms with Crippen LogP contribution in [-0.4, -0.2) is 5.91 Å². The van der Waals surface area contributed by atoms with E-state index in [1.165, 1.54) is 33.4 Å². The van der Waals surface area contributed by atoms with Gasteiger partial charge in [0.25, 0.3) is 0 Å². The maximum absolute atomic E-state index is 12.3. The number of aryl methyl sites for hydroxylation is 5. The molecule has 0 bridgehead atoms. The first-order valence-electron chi connectivity index (χ1n) is 8.21. The molecule has 1 amide bonds. The molecular formula is C21H27NO. The van der Waals surface area contributed by atoms with Crippen molar-refractivity contribution in [2.24, 2.45) is 0 Å². The second kappa shape index (κ2) is 6.99. The van der Waals surface area contributed by atoms with Crippen LogP contribution in [0.3, 0.4) is 0 Å². The minimum absolute atomic E-state index is 0.0216. The molecule has 0 aliphatic heterocycles. The van der Waals surface area contributed by atoms with Crippen LogP contribution in [0.2, 0.25) is 0 Å². The fraction of sp³-hybridized carbons (Fsp3) is 0.381. The van der Waals surface area contributed by atoms with Gasteiger partial charge in [-0.05, 0) is 80.5 Å². The molecule has 0 aliphatic carbocycles. The van der Waals surface area contributed by atoms with Gasteiger partial charge in [-0.1, -0.05) is 30.3 Å². The van der Waals surface area contributed by atoms with Crippen LogP contribution in [0.4, 0.5) is 0 Å². The van der Waals surface area contributed by atoms with Crippen molar-refractivity contribution in [2.45, 2.75) is 54.0 Å². The van der Waals surface area contributed by atoms with E-state index in [9.17, 15) is 4.79 Å². The van der Waals surface area contributed by atoms with Crippen molar-refractivity contribution in [3.8, 4) is 0 Å². The van der Waals surface area contributed by atoms with Gasteiger partial charge in [0.05, 0.1) is 12.5 Å². The molecule has 0 fully saturated rings. The fourth-order valence-electron chi connectivity index (χ4n) is 2.92. The third-order valence-electron chi connectivity index (χ3n) is 4.66. The van der Waals surface area contributed by atoms with Gasteiger partial charge in [-0.2, -0.15) is 0 Å². The molecular weight excluding hydrogens is 282 g/mol. The van der Waals surface area contributed by atoms with Crippen LogP contribution in [-0.2, 0) is 11.2 Å². The average molecular weight is 309 g/mol. The molecule has 2 aromatic carbocycles. The smallest absolute Gasteiger partial charge is 0.224 e. The van der Waals surface area contributed by atoms with Crippen molar-refractivity contribution >= 4 is 5.91 Å². The van der Waals surface area contributed by atoms with Gasteiger partial charge in [0.1, 0.15) is 0 Å². The number of carbonyl (C=O) groups excluding carboxylic acids is 1. The summed E-state index contributed by atoms with van der Waals surface area (Å²) in [6, 6.07) is 10.6. The van der Waals surface area contributed by atoms with Gasteiger partial charge in [-0.25, -0.2) is 0 Å². The van der Waals surface area contributed by atoms with Crippen LogP contribution in [0.1, 0.15) is 51.9 Å². The fourth-order valence-corrected chi connectivity index (χ4v) is 2.92. The summed E-state index contributed by atoms with van der Waals surface area (Å²) in [6.07, 6.45) is 0.426. The van der Waals surface area contributed by atoms with Gasteiger partial charge in [0.15, 0.2) is 0 Å². The van der Waals surface area contributed by atoms with Crippen LogP contribution >= 0.6 is 0 Å². The highest BCUT2D eigenvalue weighted by Gasteiger charge is 2.13. The van der Waals surface area contributed by atoms with Crippen molar-refractivity contribution < 1.29 is 4.79 Å². The summed E-state index contributed by atoms with van der Waals surface area (Å²) in [6.45, 7) is 12.6. The Bertz CT molecular complexity index is 731. The first-order valence-corrected chi connectivity index (χ1v) is 8.21. The normalized spacial score (nSPS) is 12.1. The number of benzene rings is 2. The molecule has 0 radical (unpaired) electrons. The van der Waals surface area contributed by atoms with E-state index in [1.54, 1.807) is 0 Å². The first-order chi connectivity index (χ1) is 10.8. The molecule has 0 aliphatic rings. The van der Waals surface area contributed by atoms with E-state index in [2.05, 4.69) is 71.1 Å². The molecule has 0 saturated carbocycles. The highest BCUT2D eigenvalue weighted by atomic mass is 16.1. The third-order valence-corrected chi connectivity index (χ3v) is 4.66. The lowest BCUT2D eigenvalue weighted by Crippen LogP contribution is -2.28. The minimum atomic E-state index is 0.0216. The zero-order valence-corrected chi connectivity index (χ0v) is 15.1. The summed E-state index contributed by atoms with van der Waals surface area (Å²) < 4.78 is 0. The predicted octanol–water partition coefficient (Wildman–Crippen LogP) is 4.65. The Morgan fingerprint density at radius 2 is 1.48 bits per heavy atom. The molecule has 2 rings (SSSR count). The average Bonchev–Trinajstić information content (AvgIpc) is 2.46. The second-order valence-corrected chi connectivity index (χ2v) is 6.68. The Morgan fingerprint density at radius 3 is 2.13 bits per heavy atom. The van der Waals surface area contributed by atoms with E-state index in [4.69, 9.17) is 0 Å². The Kier molecular flexibility index (Phi) is 5.25. The maximum atomic E-state index is 12.3. The number of carbonyl (C=O) groups is 1. The summed E-state index contributed by atoms with van der Waals surface area (Å²) in [5.41, 5.74) is 8.53. The lowest BCUT2D eigenvalue weighted by atomic mass is 9.96. The van der Waals surface area contributed by atoms with E-state index < -0.39 is 0 Å². The Hall–Kier alpha value is -2.09. The number of nitrogens with one attached hydrogen (secondary N) is 1. The molecule has 2 aromatic rings. The summed E-state index contributed by atoms with van der Waals surface area (Å²) in [5.74, 6) is 0.0679. The van der Waals surface area contributed by atoms with E-state index in [0.29, 0.717) is 6.42 Å². The number of hydrogen-bond donors (Lipinski definition) is 1. The molecule has 0 spiro atoms. The second-order valence-electron chi connectivity index (χ2n) is 6.68. The van der Waals surface area contributed by atoms with Gasteiger partial charge in [0.2, 0.25) is 5.91 Å². The maximum Gasteiger partial charge on any atom is 0.224 e. The topological polar surface area (TPSA) is 29.1 Å². The Morgan fingerprint density at radius 1 is 0.870 bits per heavy atom. The van der Waals surface area contributed by atoms with E-state index in [-0.39, 0.29) is 11.9 Å². The Balaban J connectivity index is 2.07. The van der Waals surface area contributed by atoms with Crippen LogP contribution in [0.25, 0.3) is 0 Å². The minimum Gasteiger partial charge on any atom is -0.349 e. The van der Waals surface area contributed by atoms with Gasteiger partial charge in [0, 0.05) is 0 Å². The Labute approximate surface area is 139 Å². The number of hydrogen-bond acceptors (Lipinski definition) is 1. The molecule has 1 atom stereocenters. The van der Waals surface area contributed by atoms with Gasteiger partial charge >= 0.3 is 0 Å². The van der Waals surface area contributed by atoms with Crippen molar-refractivity contribution in [1.82, 2.24) is 5.32 Å². The molecule has 1 N–H and O–H groups in total. The van der Waals surface area contributed by atoms with Crippen LogP contribution in [0.15, 0.2) is 30.3 Å². The first kappa shape index (κ1) is 17.3.